The molecule has 3 aromatic carbocycles. The second-order valence-electron chi connectivity index (χ2n) is 7.61. The third-order valence-corrected chi connectivity index (χ3v) is 5.64. The van der Waals surface area contributed by atoms with E-state index in [1.165, 1.54) is 0 Å². The zero-order valence-electron chi connectivity index (χ0n) is 17.9. The molecule has 1 unspecified atom stereocenters. The van der Waals surface area contributed by atoms with E-state index < -0.39 is 17.5 Å². The number of ether oxygens (including phenoxy) is 2. The molecule has 0 spiro atoms. The van der Waals surface area contributed by atoms with E-state index in [1.54, 1.807) is 14.2 Å². The van der Waals surface area contributed by atoms with Gasteiger partial charge in [0.25, 0.3) is 0 Å². The van der Waals surface area contributed by atoms with Gasteiger partial charge in [0.15, 0.2) is 11.5 Å². The van der Waals surface area contributed by atoms with Gasteiger partial charge in [-0.2, -0.15) is 0 Å². The van der Waals surface area contributed by atoms with Crippen LogP contribution in [0.5, 0.6) is 11.5 Å². The molecule has 0 saturated heterocycles. The SMILES string of the molecule is COc1cc2c(cc1OC)C(c1ccccc1)N(CC(=O)Nc1cc(F)ccc1F)CC2. The van der Waals surface area contributed by atoms with E-state index >= 15 is 0 Å². The molecule has 3 aromatic rings. The van der Waals surface area contributed by atoms with Gasteiger partial charge in [-0.25, -0.2) is 8.78 Å². The van der Waals surface area contributed by atoms with Crippen LogP contribution in [0.15, 0.2) is 60.7 Å². The summed E-state index contributed by atoms with van der Waals surface area (Å²) >= 11 is 0. The number of rotatable bonds is 6. The molecule has 7 heteroatoms. The van der Waals surface area contributed by atoms with Crippen molar-refractivity contribution in [2.24, 2.45) is 0 Å². The van der Waals surface area contributed by atoms with Crippen molar-refractivity contribution in [3.63, 3.8) is 0 Å². The Balaban J connectivity index is 1.66. The van der Waals surface area contributed by atoms with Crippen molar-refractivity contribution in [1.29, 1.82) is 0 Å². The molecule has 0 aromatic heterocycles. The molecule has 1 N–H and O–H groups in total. The summed E-state index contributed by atoms with van der Waals surface area (Å²) in [6.45, 7) is 0.629. The number of fused-ring (bicyclic) bond motifs is 1. The summed E-state index contributed by atoms with van der Waals surface area (Å²) in [5.74, 6) is -0.442. The van der Waals surface area contributed by atoms with Gasteiger partial charge in [0.1, 0.15) is 11.6 Å². The van der Waals surface area contributed by atoms with E-state index in [4.69, 9.17) is 9.47 Å². The van der Waals surface area contributed by atoms with Gasteiger partial charge < -0.3 is 14.8 Å². The Morgan fingerprint density at radius 1 is 1.03 bits per heavy atom. The first-order valence-electron chi connectivity index (χ1n) is 10.3. The molecule has 1 aliphatic rings. The molecule has 4 rings (SSSR count). The van der Waals surface area contributed by atoms with E-state index in [0.29, 0.717) is 24.5 Å². The van der Waals surface area contributed by atoms with E-state index in [9.17, 15) is 13.6 Å². The van der Waals surface area contributed by atoms with E-state index in [2.05, 4.69) is 5.32 Å². The van der Waals surface area contributed by atoms with Crippen LogP contribution in [0.2, 0.25) is 0 Å². The number of halogens is 2. The molecule has 0 aliphatic carbocycles. The fourth-order valence-electron chi connectivity index (χ4n) is 4.16. The van der Waals surface area contributed by atoms with Crippen molar-refractivity contribution in [2.75, 3.05) is 32.6 Å². The summed E-state index contributed by atoms with van der Waals surface area (Å²) in [4.78, 5) is 14.8. The Labute approximate surface area is 185 Å². The average molecular weight is 438 g/mol. The maximum atomic E-state index is 14.0. The largest absolute Gasteiger partial charge is 0.493 e. The normalized spacial score (nSPS) is 15.7. The van der Waals surface area contributed by atoms with Crippen LogP contribution in [-0.2, 0) is 11.2 Å². The van der Waals surface area contributed by atoms with Gasteiger partial charge in [0.05, 0.1) is 32.5 Å². The molecule has 1 amide bonds. The maximum Gasteiger partial charge on any atom is 0.238 e. The molecule has 1 atom stereocenters. The predicted molar refractivity (Wildman–Crippen MR) is 118 cm³/mol. The fraction of sp³-hybridized carbons (Fsp3) is 0.240. The number of hydrogen-bond donors (Lipinski definition) is 1. The number of methoxy groups -OCH3 is 2. The lowest BCUT2D eigenvalue weighted by Gasteiger charge is -2.37. The maximum absolute atomic E-state index is 14.0. The van der Waals surface area contributed by atoms with E-state index in [-0.39, 0.29) is 18.3 Å². The summed E-state index contributed by atoms with van der Waals surface area (Å²) in [6.07, 6.45) is 0.709. The minimum absolute atomic E-state index is 0.0172. The Kier molecular flexibility index (Phi) is 6.37. The van der Waals surface area contributed by atoms with Crippen LogP contribution in [0.1, 0.15) is 22.7 Å². The lowest BCUT2D eigenvalue weighted by molar-refractivity contribution is -0.117. The van der Waals surface area contributed by atoms with Gasteiger partial charge in [-0.3, -0.25) is 9.69 Å². The zero-order chi connectivity index (χ0) is 22.7. The zero-order valence-corrected chi connectivity index (χ0v) is 17.9. The first kappa shape index (κ1) is 21.8. The smallest absolute Gasteiger partial charge is 0.238 e. The summed E-state index contributed by atoms with van der Waals surface area (Å²) in [5, 5.41) is 2.49. The first-order valence-corrected chi connectivity index (χ1v) is 10.3. The number of carbonyl (C=O) groups excluding carboxylic acids is 1. The highest BCUT2D eigenvalue weighted by Gasteiger charge is 2.31. The second kappa shape index (κ2) is 9.36. The highest BCUT2D eigenvalue weighted by Crippen LogP contribution is 2.40. The van der Waals surface area contributed by atoms with Gasteiger partial charge in [-0.1, -0.05) is 30.3 Å². The van der Waals surface area contributed by atoms with Crippen LogP contribution in [-0.4, -0.2) is 38.1 Å². The number of nitrogens with zero attached hydrogens (tertiary/aromatic N) is 1. The van der Waals surface area contributed by atoms with Crippen molar-refractivity contribution in [3.05, 3.63) is 89.0 Å². The number of nitrogens with one attached hydrogen (secondary N) is 1. The van der Waals surface area contributed by atoms with Crippen LogP contribution in [0.4, 0.5) is 14.5 Å². The number of hydrogen-bond acceptors (Lipinski definition) is 4. The summed E-state index contributed by atoms with van der Waals surface area (Å²) < 4.78 is 38.4. The molecule has 166 valence electrons. The third-order valence-electron chi connectivity index (χ3n) is 5.64. The van der Waals surface area contributed by atoms with E-state index in [1.807, 2.05) is 47.4 Å². The Hall–Kier alpha value is -3.45. The average Bonchev–Trinajstić information content (AvgIpc) is 2.80. The van der Waals surface area contributed by atoms with Crippen LogP contribution in [0.25, 0.3) is 0 Å². The molecule has 0 fully saturated rings. The van der Waals surface area contributed by atoms with Gasteiger partial charge in [-0.05, 0) is 47.4 Å². The van der Waals surface area contributed by atoms with E-state index in [0.717, 1.165) is 34.9 Å². The van der Waals surface area contributed by atoms with Crippen LogP contribution >= 0.6 is 0 Å². The Bertz CT molecular complexity index is 1120. The standard InChI is InChI=1S/C25H24F2N2O3/c1-31-22-12-17-10-11-29(15-24(30)28-21-13-18(26)8-9-20(21)27)25(16-6-4-3-5-7-16)19(17)14-23(22)32-2/h3-9,12-14,25H,10-11,15H2,1-2H3,(H,28,30). The molecular weight excluding hydrogens is 414 g/mol. The predicted octanol–water partition coefficient (Wildman–Crippen LogP) is 4.57. The monoisotopic (exact) mass is 438 g/mol. The van der Waals surface area contributed by atoms with Crippen LogP contribution in [0.3, 0.4) is 0 Å². The molecule has 1 aliphatic heterocycles. The Morgan fingerprint density at radius 2 is 1.75 bits per heavy atom. The number of carbonyl (C=O) groups is 1. The molecule has 5 nitrogen and oxygen atoms in total. The minimum Gasteiger partial charge on any atom is -0.493 e. The van der Waals surface area contributed by atoms with Gasteiger partial charge in [0.2, 0.25) is 5.91 Å². The van der Waals surface area contributed by atoms with Gasteiger partial charge in [-0.15, -0.1) is 0 Å². The summed E-state index contributed by atoms with van der Waals surface area (Å²) in [6, 6.07) is 16.6. The van der Waals surface area contributed by atoms with Crippen LogP contribution in [0, 0.1) is 11.6 Å². The van der Waals surface area contributed by atoms with Crippen molar-refractivity contribution in [2.45, 2.75) is 12.5 Å². The number of anilines is 1. The highest BCUT2D eigenvalue weighted by molar-refractivity contribution is 5.92. The van der Waals surface area contributed by atoms with Crippen molar-refractivity contribution >= 4 is 11.6 Å². The molecule has 0 radical (unpaired) electrons. The molecule has 32 heavy (non-hydrogen) atoms. The lowest BCUT2D eigenvalue weighted by Crippen LogP contribution is -2.41. The molecule has 0 saturated carbocycles. The van der Waals surface area contributed by atoms with Crippen LogP contribution < -0.4 is 14.8 Å². The molecule has 0 bridgehead atoms. The second-order valence-corrected chi connectivity index (χ2v) is 7.61. The fourth-order valence-corrected chi connectivity index (χ4v) is 4.16. The number of benzene rings is 3. The molecular formula is C25H24F2N2O3. The topological polar surface area (TPSA) is 50.8 Å². The minimum atomic E-state index is -0.680. The van der Waals surface area contributed by atoms with Crippen molar-refractivity contribution in [1.82, 2.24) is 4.90 Å². The lowest BCUT2D eigenvalue weighted by atomic mass is 9.87. The quantitative estimate of drug-likeness (QED) is 0.613. The van der Waals surface area contributed by atoms with Gasteiger partial charge >= 0.3 is 0 Å². The summed E-state index contributed by atoms with van der Waals surface area (Å²) in [7, 11) is 3.19. The first-order chi connectivity index (χ1) is 15.5. The highest BCUT2D eigenvalue weighted by atomic mass is 19.1. The van der Waals surface area contributed by atoms with Gasteiger partial charge in [0, 0.05) is 12.6 Å². The Morgan fingerprint density at radius 3 is 2.47 bits per heavy atom. The van der Waals surface area contributed by atoms with Crippen molar-refractivity contribution in [3.8, 4) is 11.5 Å². The number of amides is 1. The summed E-state index contributed by atoms with van der Waals surface area (Å²) in [5.41, 5.74) is 2.98. The van der Waals surface area contributed by atoms with Crippen molar-refractivity contribution < 1.29 is 23.0 Å². The third kappa shape index (κ3) is 4.43. The molecule has 1 heterocycles.